The summed E-state index contributed by atoms with van der Waals surface area (Å²) in [5.41, 5.74) is 0. The van der Waals surface area contributed by atoms with E-state index >= 15 is 0 Å². The molecule has 17 nitrogen and oxygen atoms in total. The first-order valence-corrected chi connectivity index (χ1v) is 47.5. The predicted molar refractivity (Wildman–Crippen MR) is 432 cm³/mol. The van der Waals surface area contributed by atoms with Crippen molar-refractivity contribution in [3.05, 3.63) is 0 Å². The summed E-state index contributed by atoms with van der Waals surface area (Å²) in [4.78, 5) is 73.2. The number of unbranched alkanes of at least 4 members (excludes halogenated alkanes) is 55. The molecule has 0 saturated heterocycles. The number of carbonyl (C=O) groups is 4. The lowest BCUT2D eigenvalue weighted by Gasteiger charge is -2.21. The van der Waals surface area contributed by atoms with E-state index in [1.807, 2.05) is 0 Å². The van der Waals surface area contributed by atoms with Gasteiger partial charge in [0, 0.05) is 25.7 Å². The molecule has 105 heavy (non-hydrogen) atoms. The second-order valence-electron chi connectivity index (χ2n) is 31.9. The number of ether oxygens (including phenoxy) is 4. The summed E-state index contributed by atoms with van der Waals surface area (Å²) in [5.74, 6) is -0.480. The van der Waals surface area contributed by atoms with Crippen molar-refractivity contribution in [2.24, 2.45) is 11.8 Å². The van der Waals surface area contributed by atoms with Gasteiger partial charge in [0.1, 0.15) is 19.3 Å². The van der Waals surface area contributed by atoms with Gasteiger partial charge in [-0.2, -0.15) is 0 Å². The molecule has 0 spiro atoms. The minimum absolute atomic E-state index is 0.109. The Kier molecular flexibility index (Phi) is 76.0. The third-order valence-corrected chi connectivity index (χ3v) is 22.1. The van der Waals surface area contributed by atoms with Gasteiger partial charge in [-0.15, -0.1) is 0 Å². The van der Waals surface area contributed by atoms with Crippen LogP contribution in [-0.2, 0) is 65.4 Å². The fraction of sp³-hybridized carbons (Fsp3) is 0.953. The molecule has 0 radical (unpaired) electrons. The zero-order chi connectivity index (χ0) is 77.1. The molecule has 0 bridgehead atoms. The number of aliphatic hydroxyl groups excluding tert-OH is 1. The second kappa shape index (κ2) is 77.4. The molecule has 0 aromatic heterocycles. The monoisotopic (exact) mass is 1540 g/mol. The van der Waals surface area contributed by atoms with Gasteiger partial charge in [-0.25, -0.2) is 9.13 Å². The van der Waals surface area contributed by atoms with Gasteiger partial charge in [-0.1, -0.05) is 408 Å². The van der Waals surface area contributed by atoms with Crippen LogP contribution in [0, 0.1) is 11.8 Å². The van der Waals surface area contributed by atoms with Gasteiger partial charge in [-0.05, 0) is 37.5 Å². The quantitative estimate of drug-likeness (QED) is 0.0222. The zero-order valence-electron chi connectivity index (χ0n) is 69.0. The zero-order valence-corrected chi connectivity index (χ0v) is 70.8. The summed E-state index contributed by atoms with van der Waals surface area (Å²) in [5, 5.41) is 10.7. The maximum atomic E-state index is 13.1. The average Bonchev–Trinajstić information content (AvgIpc) is 0.981. The molecule has 2 unspecified atom stereocenters. The van der Waals surface area contributed by atoms with Crippen LogP contribution < -0.4 is 0 Å². The highest BCUT2D eigenvalue weighted by Gasteiger charge is 2.30. The van der Waals surface area contributed by atoms with Gasteiger partial charge in [0.2, 0.25) is 0 Å². The van der Waals surface area contributed by atoms with Crippen molar-refractivity contribution in [1.82, 2.24) is 0 Å². The van der Waals surface area contributed by atoms with Crippen molar-refractivity contribution >= 4 is 39.5 Å². The maximum absolute atomic E-state index is 13.1. The Morgan fingerprint density at radius 1 is 0.257 bits per heavy atom. The first-order chi connectivity index (χ1) is 50.9. The van der Waals surface area contributed by atoms with Crippen LogP contribution in [-0.4, -0.2) is 96.7 Å². The number of hydrogen-bond acceptors (Lipinski definition) is 15. The number of aliphatic hydroxyl groups is 1. The molecule has 0 heterocycles. The molecule has 0 aliphatic carbocycles. The Labute approximate surface area is 645 Å². The SMILES string of the molecule is CCCCCCCCCCCCCCCCCC(=O)O[C@H](COC(=O)CCCCCCCCCCCCCC)COP(=O)(O)OC[C@H](O)COP(=O)(O)OC[C@@H](COC(=O)CCCCCCCCCCCCCCCCC(C)C)OC(=O)CCCCCCCCCCCCCCCCCCCCC(C)C. The van der Waals surface area contributed by atoms with Crippen LogP contribution in [0.1, 0.15) is 459 Å². The van der Waals surface area contributed by atoms with E-state index in [-0.39, 0.29) is 25.7 Å². The average molecular weight is 1540 g/mol. The van der Waals surface area contributed by atoms with E-state index < -0.39 is 97.5 Å². The third-order valence-electron chi connectivity index (χ3n) is 20.2. The number of phosphoric ester groups is 2. The van der Waals surface area contributed by atoms with Gasteiger partial charge in [-0.3, -0.25) is 37.3 Å². The minimum Gasteiger partial charge on any atom is -0.462 e. The minimum atomic E-state index is -4.97. The van der Waals surface area contributed by atoms with E-state index in [9.17, 15) is 43.2 Å². The predicted octanol–water partition coefficient (Wildman–Crippen LogP) is 26.2. The van der Waals surface area contributed by atoms with Crippen LogP contribution in [0.25, 0.3) is 0 Å². The molecule has 0 aromatic carbocycles. The van der Waals surface area contributed by atoms with Crippen molar-refractivity contribution in [2.75, 3.05) is 39.6 Å². The topological polar surface area (TPSA) is 237 Å². The molecule has 3 N–H and O–H groups in total. The summed E-state index contributed by atoms with van der Waals surface area (Å²) < 4.78 is 68.9. The largest absolute Gasteiger partial charge is 0.472 e. The molecule has 0 amide bonds. The van der Waals surface area contributed by atoms with Crippen LogP contribution in [0.15, 0.2) is 0 Å². The van der Waals surface area contributed by atoms with Gasteiger partial charge >= 0.3 is 39.5 Å². The van der Waals surface area contributed by atoms with Crippen molar-refractivity contribution < 1.29 is 80.2 Å². The van der Waals surface area contributed by atoms with E-state index in [4.69, 9.17) is 37.0 Å². The van der Waals surface area contributed by atoms with Crippen LogP contribution in [0.5, 0.6) is 0 Å². The lowest BCUT2D eigenvalue weighted by Crippen LogP contribution is -2.30. The van der Waals surface area contributed by atoms with E-state index in [0.29, 0.717) is 25.7 Å². The Balaban J connectivity index is 5.25. The van der Waals surface area contributed by atoms with E-state index in [1.54, 1.807) is 0 Å². The highest BCUT2D eigenvalue weighted by Crippen LogP contribution is 2.45. The molecular weight excluding hydrogens is 1370 g/mol. The van der Waals surface area contributed by atoms with Crippen LogP contribution >= 0.6 is 15.6 Å². The molecule has 0 aromatic rings. The molecule has 0 aliphatic heterocycles. The lowest BCUT2D eigenvalue weighted by molar-refractivity contribution is -0.161. The fourth-order valence-electron chi connectivity index (χ4n) is 13.4. The molecule has 19 heteroatoms. The molecule has 0 saturated carbocycles. The van der Waals surface area contributed by atoms with Crippen LogP contribution in [0.4, 0.5) is 0 Å². The van der Waals surface area contributed by atoms with Gasteiger partial charge < -0.3 is 33.8 Å². The number of esters is 4. The van der Waals surface area contributed by atoms with Gasteiger partial charge in [0.15, 0.2) is 12.2 Å². The Hall–Kier alpha value is -1.94. The molecule has 0 rings (SSSR count). The smallest absolute Gasteiger partial charge is 0.462 e. The van der Waals surface area contributed by atoms with E-state index in [2.05, 4.69) is 41.5 Å². The lowest BCUT2D eigenvalue weighted by atomic mass is 10.0. The van der Waals surface area contributed by atoms with Crippen LogP contribution in [0.2, 0.25) is 0 Å². The normalized spacial score (nSPS) is 13.8. The van der Waals surface area contributed by atoms with E-state index in [0.717, 1.165) is 102 Å². The molecular formula is C86H168O17P2. The Bertz CT molecular complexity index is 2010. The number of rotatable bonds is 85. The Morgan fingerprint density at radius 2 is 0.438 bits per heavy atom. The summed E-state index contributed by atoms with van der Waals surface area (Å²) in [6.07, 6.45) is 69.3. The molecule has 5 atom stereocenters. The summed E-state index contributed by atoms with van der Waals surface area (Å²) in [7, 11) is -9.93. The van der Waals surface area contributed by atoms with Crippen molar-refractivity contribution in [2.45, 2.75) is 477 Å². The highest BCUT2D eigenvalue weighted by molar-refractivity contribution is 7.47. The Morgan fingerprint density at radius 3 is 0.648 bits per heavy atom. The number of phosphoric acid groups is 2. The third kappa shape index (κ3) is 79.9. The summed E-state index contributed by atoms with van der Waals surface area (Å²) in [6, 6.07) is 0. The maximum Gasteiger partial charge on any atom is 0.472 e. The van der Waals surface area contributed by atoms with Crippen LogP contribution in [0.3, 0.4) is 0 Å². The van der Waals surface area contributed by atoms with Crippen molar-refractivity contribution in [3.63, 3.8) is 0 Å². The summed E-state index contributed by atoms with van der Waals surface area (Å²) >= 11 is 0. The number of hydrogen-bond donors (Lipinski definition) is 3. The molecule has 624 valence electrons. The molecule has 0 aliphatic rings. The van der Waals surface area contributed by atoms with E-state index in [1.165, 1.54) is 276 Å². The highest BCUT2D eigenvalue weighted by atomic mass is 31.2. The van der Waals surface area contributed by atoms with Gasteiger partial charge in [0.05, 0.1) is 26.4 Å². The summed E-state index contributed by atoms with van der Waals surface area (Å²) in [6.45, 7) is 9.74. The van der Waals surface area contributed by atoms with Crippen molar-refractivity contribution in [3.8, 4) is 0 Å². The first-order valence-electron chi connectivity index (χ1n) is 44.5. The molecule has 0 fully saturated rings. The second-order valence-corrected chi connectivity index (χ2v) is 34.8. The van der Waals surface area contributed by atoms with Crippen molar-refractivity contribution in [1.29, 1.82) is 0 Å². The number of carbonyl (C=O) groups excluding carboxylic acids is 4. The first kappa shape index (κ1) is 103. The van der Waals surface area contributed by atoms with Gasteiger partial charge in [0.25, 0.3) is 0 Å². The fourth-order valence-corrected chi connectivity index (χ4v) is 15.0. The standard InChI is InChI=1S/C86H168O17P2/c1-7-9-11-13-15-17-19-21-26-34-40-46-52-58-64-70-85(90)102-81(74-96-83(88)68-62-56-50-44-38-20-18-16-14-12-10-8-2)76-100-104(92,93)98-72-80(87)73-99-105(94,95)101-77-82(75-97-84(89)69-63-57-51-45-39-33-30-29-32-37-43-49-55-61-67-79(5)6)103-86(91)71-65-59-53-47-41-35-28-25-23-22-24-27-31-36-42-48-54-60-66-78(3)4/h78-82,87H,7-77H2,1-6H3,(H,92,93)(H,94,95)/t80-,81+,82+/m0/s1.